The van der Waals surface area contributed by atoms with E-state index in [1.807, 2.05) is 49.1 Å². The van der Waals surface area contributed by atoms with Crippen LogP contribution in [0, 0.1) is 0 Å². The number of nitrogens with zero attached hydrogens (tertiary/aromatic N) is 4. The highest BCUT2D eigenvalue weighted by molar-refractivity contribution is 7.98. The first kappa shape index (κ1) is 21.1. The molecule has 2 N–H and O–H groups in total. The van der Waals surface area contributed by atoms with Gasteiger partial charge >= 0.3 is 0 Å². The molecule has 0 radical (unpaired) electrons. The Bertz CT molecular complexity index is 1460. The minimum absolute atomic E-state index is 0.489. The Hall–Kier alpha value is -3.42. The summed E-state index contributed by atoms with van der Waals surface area (Å²) in [4.78, 5) is 17.6. The third-order valence-corrected chi connectivity index (χ3v) is 7.06. The van der Waals surface area contributed by atoms with Crippen molar-refractivity contribution in [2.75, 3.05) is 6.26 Å². The van der Waals surface area contributed by atoms with Gasteiger partial charge in [-0.25, -0.2) is 15.0 Å². The lowest BCUT2D eigenvalue weighted by atomic mass is 10.1. The van der Waals surface area contributed by atoms with Crippen LogP contribution in [0.25, 0.3) is 39.4 Å². The molecule has 0 unspecified atom stereocenters. The molecule has 0 saturated heterocycles. The lowest BCUT2D eigenvalue weighted by molar-refractivity contribution is 0.199. The fourth-order valence-electron chi connectivity index (χ4n) is 4.25. The van der Waals surface area contributed by atoms with Crippen LogP contribution in [0.2, 0.25) is 0 Å². The molecule has 34 heavy (non-hydrogen) atoms. The van der Waals surface area contributed by atoms with Crippen molar-refractivity contribution in [2.45, 2.75) is 36.8 Å². The molecular formula is C27H25N5OS. The van der Waals surface area contributed by atoms with Crippen LogP contribution in [0.3, 0.4) is 0 Å². The van der Waals surface area contributed by atoms with Gasteiger partial charge < -0.3 is 10.1 Å². The summed E-state index contributed by atoms with van der Waals surface area (Å²) in [6, 6.07) is 16.4. The summed E-state index contributed by atoms with van der Waals surface area (Å²) in [5.41, 5.74) is 7.90. The highest BCUT2D eigenvalue weighted by Gasteiger charge is 2.26. The highest BCUT2D eigenvalue weighted by atomic mass is 32.2. The van der Waals surface area contributed by atoms with Crippen LogP contribution in [0.4, 0.5) is 0 Å². The molecular weight excluding hydrogens is 442 g/mol. The van der Waals surface area contributed by atoms with Gasteiger partial charge in [0.25, 0.3) is 0 Å². The number of imidazole rings is 2. The summed E-state index contributed by atoms with van der Waals surface area (Å²) in [5, 5.41) is 10.7. The molecule has 7 heteroatoms. The minimum Gasteiger partial charge on any atom is -0.389 e. The van der Waals surface area contributed by atoms with E-state index in [0.29, 0.717) is 5.92 Å². The number of aromatic amines is 1. The Morgan fingerprint density at radius 3 is 2.35 bits per heavy atom. The van der Waals surface area contributed by atoms with Gasteiger partial charge in [0.2, 0.25) is 0 Å². The van der Waals surface area contributed by atoms with Crippen molar-refractivity contribution in [1.29, 1.82) is 0 Å². The Morgan fingerprint density at radius 2 is 1.68 bits per heavy atom. The lowest BCUT2D eigenvalue weighted by Crippen LogP contribution is -1.97. The zero-order chi connectivity index (χ0) is 23.2. The molecule has 1 fully saturated rings. The fourth-order valence-corrected chi connectivity index (χ4v) is 4.77. The first-order chi connectivity index (χ1) is 16.6. The summed E-state index contributed by atoms with van der Waals surface area (Å²) in [6.07, 6.45) is 9.89. The average Bonchev–Trinajstić information content (AvgIpc) is 3.44. The van der Waals surface area contributed by atoms with Gasteiger partial charge in [-0.3, -0.25) is 4.40 Å². The molecule has 0 bridgehead atoms. The Kier molecular flexibility index (Phi) is 5.23. The molecule has 3 aromatic heterocycles. The predicted molar refractivity (Wildman–Crippen MR) is 136 cm³/mol. The van der Waals surface area contributed by atoms with Gasteiger partial charge in [-0.1, -0.05) is 48.5 Å². The summed E-state index contributed by atoms with van der Waals surface area (Å²) in [7, 11) is 0. The number of benzene rings is 2. The molecule has 1 atom stereocenters. The van der Waals surface area contributed by atoms with E-state index in [1.54, 1.807) is 18.7 Å². The van der Waals surface area contributed by atoms with Crippen LogP contribution in [-0.2, 0) is 0 Å². The topological polar surface area (TPSA) is 79.1 Å². The van der Waals surface area contributed by atoms with Crippen molar-refractivity contribution < 1.29 is 5.11 Å². The molecule has 0 aliphatic heterocycles. The molecule has 3 heterocycles. The largest absolute Gasteiger partial charge is 0.389 e. The van der Waals surface area contributed by atoms with Crippen LogP contribution < -0.4 is 0 Å². The van der Waals surface area contributed by atoms with Gasteiger partial charge in [0.15, 0.2) is 5.65 Å². The zero-order valence-corrected chi connectivity index (χ0v) is 19.9. The third-order valence-electron chi connectivity index (χ3n) is 6.39. The summed E-state index contributed by atoms with van der Waals surface area (Å²) < 4.78 is 2.12. The van der Waals surface area contributed by atoms with E-state index >= 15 is 0 Å². The molecule has 6 rings (SSSR count). The molecule has 0 amide bonds. The van der Waals surface area contributed by atoms with Crippen molar-refractivity contribution in [3.05, 3.63) is 78.5 Å². The summed E-state index contributed by atoms with van der Waals surface area (Å²) >= 11 is 1.59. The van der Waals surface area contributed by atoms with E-state index in [4.69, 9.17) is 4.98 Å². The number of rotatable bonds is 6. The fraction of sp³-hybridized carbons (Fsp3) is 0.222. The smallest absolute Gasteiger partial charge is 0.170 e. The maximum absolute atomic E-state index is 9.83. The summed E-state index contributed by atoms with van der Waals surface area (Å²) in [5.74, 6) is 1.72. The Morgan fingerprint density at radius 1 is 0.971 bits per heavy atom. The Balaban J connectivity index is 1.37. The van der Waals surface area contributed by atoms with E-state index in [2.05, 4.69) is 43.6 Å². The van der Waals surface area contributed by atoms with Crippen LogP contribution in [0.5, 0.6) is 0 Å². The zero-order valence-electron chi connectivity index (χ0n) is 19.1. The number of H-pyrrole nitrogens is 1. The summed E-state index contributed by atoms with van der Waals surface area (Å²) in [6.45, 7) is 1.77. The molecule has 1 aliphatic carbocycles. The molecule has 0 spiro atoms. The van der Waals surface area contributed by atoms with E-state index in [0.717, 1.165) is 55.8 Å². The minimum atomic E-state index is -0.489. The molecule has 6 nitrogen and oxygen atoms in total. The molecule has 5 aromatic rings. The first-order valence-corrected chi connectivity index (χ1v) is 12.7. The van der Waals surface area contributed by atoms with Gasteiger partial charge in [0.05, 0.1) is 35.6 Å². The number of fused-ring (bicyclic) bond motifs is 1. The van der Waals surface area contributed by atoms with Gasteiger partial charge in [-0.2, -0.15) is 0 Å². The quantitative estimate of drug-likeness (QED) is 0.295. The standard InChI is InChI=1S/C27H25N5OS/c1-16(33)17-3-5-19(6-4-17)23-15-32-24(14-29-26(32)27(31-23)34-2)20-9-7-18(8-10-20)22-13-28-25(30-22)21-11-12-21/h3-10,13-16,21,33H,11-12H2,1-2H3,(H,28,30)/t16-/m1/s1. The maximum atomic E-state index is 9.83. The number of hydrogen-bond donors (Lipinski definition) is 2. The Labute approximate surface area is 202 Å². The van der Waals surface area contributed by atoms with Crippen molar-refractivity contribution in [3.8, 4) is 33.8 Å². The van der Waals surface area contributed by atoms with E-state index in [9.17, 15) is 5.11 Å². The van der Waals surface area contributed by atoms with Crippen molar-refractivity contribution in [2.24, 2.45) is 0 Å². The van der Waals surface area contributed by atoms with Crippen molar-refractivity contribution >= 4 is 17.4 Å². The SMILES string of the molecule is CSc1nc(-c2ccc([C@@H](C)O)cc2)cn2c(-c3ccc(-c4cnc(C5CC5)[nH]4)cc3)cnc12. The number of aliphatic hydroxyl groups excluding tert-OH is 1. The van der Waals surface area contributed by atoms with Gasteiger partial charge in [-0.15, -0.1) is 11.8 Å². The van der Waals surface area contributed by atoms with Crippen LogP contribution >= 0.6 is 11.8 Å². The normalized spacial score (nSPS) is 14.6. The molecule has 1 aliphatic rings. The van der Waals surface area contributed by atoms with Crippen molar-refractivity contribution in [3.63, 3.8) is 0 Å². The van der Waals surface area contributed by atoms with Gasteiger partial charge in [0, 0.05) is 23.2 Å². The van der Waals surface area contributed by atoms with E-state index < -0.39 is 6.10 Å². The van der Waals surface area contributed by atoms with E-state index in [-0.39, 0.29) is 0 Å². The number of thioether (sulfide) groups is 1. The predicted octanol–water partition coefficient (Wildman–Crippen LogP) is 6.11. The van der Waals surface area contributed by atoms with Gasteiger partial charge in [-0.05, 0) is 37.1 Å². The second-order valence-corrected chi connectivity index (χ2v) is 9.60. The number of nitrogens with one attached hydrogen (secondary N) is 1. The lowest BCUT2D eigenvalue weighted by Gasteiger charge is -2.10. The number of aromatic nitrogens is 5. The number of aliphatic hydroxyl groups is 1. The first-order valence-electron chi connectivity index (χ1n) is 11.5. The highest BCUT2D eigenvalue weighted by Crippen LogP contribution is 2.39. The number of hydrogen-bond acceptors (Lipinski definition) is 5. The monoisotopic (exact) mass is 467 g/mol. The maximum Gasteiger partial charge on any atom is 0.170 e. The second-order valence-electron chi connectivity index (χ2n) is 8.80. The average molecular weight is 468 g/mol. The van der Waals surface area contributed by atoms with Gasteiger partial charge in [0.1, 0.15) is 10.9 Å². The van der Waals surface area contributed by atoms with E-state index in [1.165, 1.54) is 12.8 Å². The third kappa shape index (κ3) is 3.81. The molecule has 2 aromatic carbocycles. The molecule has 1 saturated carbocycles. The van der Waals surface area contributed by atoms with Crippen molar-refractivity contribution in [1.82, 2.24) is 24.3 Å². The van der Waals surface area contributed by atoms with Crippen LogP contribution in [0.1, 0.15) is 43.2 Å². The van der Waals surface area contributed by atoms with Crippen LogP contribution in [0.15, 0.2) is 72.1 Å². The molecule has 170 valence electrons. The van der Waals surface area contributed by atoms with Crippen LogP contribution in [-0.4, -0.2) is 35.7 Å². The second kappa shape index (κ2) is 8.42.